The molecule has 1 aliphatic rings. The van der Waals surface area contributed by atoms with Crippen molar-refractivity contribution in [2.75, 3.05) is 0 Å². The van der Waals surface area contributed by atoms with Gasteiger partial charge in [0.2, 0.25) is 0 Å². The fourth-order valence-electron chi connectivity index (χ4n) is 2.56. The van der Waals surface area contributed by atoms with Gasteiger partial charge in [0, 0.05) is 5.54 Å². The van der Waals surface area contributed by atoms with E-state index in [0.29, 0.717) is 0 Å². The van der Waals surface area contributed by atoms with Gasteiger partial charge in [-0.1, -0.05) is 43.7 Å². The van der Waals surface area contributed by atoms with Gasteiger partial charge in [-0.15, -0.1) is 0 Å². The molecule has 1 nitrogen and oxygen atoms in total. The maximum absolute atomic E-state index is 6.45. The van der Waals surface area contributed by atoms with Gasteiger partial charge in [0.05, 0.1) is 0 Å². The number of rotatable bonds is 2. The highest BCUT2D eigenvalue weighted by Crippen LogP contribution is 2.41. The Bertz CT molecular complexity index is 293. The summed E-state index contributed by atoms with van der Waals surface area (Å²) in [7, 11) is 0. The average Bonchev–Trinajstić information content (AvgIpc) is 2.63. The molecule has 2 unspecified atom stereocenters. The van der Waals surface area contributed by atoms with Crippen molar-refractivity contribution in [3.63, 3.8) is 0 Å². The summed E-state index contributed by atoms with van der Waals surface area (Å²) in [5, 5.41) is 0. The molecule has 2 N–H and O–H groups in total. The second kappa shape index (κ2) is 3.74. The first-order chi connectivity index (χ1) is 6.74. The predicted molar refractivity (Wildman–Crippen MR) is 59.9 cm³/mol. The van der Waals surface area contributed by atoms with Crippen molar-refractivity contribution in [3.05, 3.63) is 35.9 Å². The zero-order valence-electron chi connectivity index (χ0n) is 8.87. The molecule has 2 rings (SSSR count). The van der Waals surface area contributed by atoms with Gasteiger partial charge in [-0.2, -0.15) is 0 Å². The van der Waals surface area contributed by atoms with Crippen molar-refractivity contribution in [2.45, 2.75) is 38.1 Å². The summed E-state index contributed by atoms with van der Waals surface area (Å²) >= 11 is 0. The molecule has 14 heavy (non-hydrogen) atoms. The van der Waals surface area contributed by atoms with E-state index >= 15 is 0 Å². The predicted octanol–water partition coefficient (Wildman–Crippen LogP) is 3.05. The summed E-state index contributed by atoms with van der Waals surface area (Å²) < 4.78 is 0. The molecular formula is C13H19N. The smallest absolute Gasteiger partial charge is 0.0412 e. The zero-order chi connectivity index (χ0) is 10.0. The Morgan fingerprint density at radius 3 is 2.64 bits per heavy atom. The molecule has 1 saturated carbocycles. The molecule has 0 spiro atoms. The topological polar surface area (TPSA) is 26.0 Å². The highest BCUT2D eigenvalue weighted by molar-refractivity contribution is 5.25. The third kappa shape index (κ3) is 1.69. The lowest BCUT2D eigenvalue weighted by Crippen LogP contribution is -2.33. The van der Waals surface area contributed by atoms with Crippen LogP contribution >= 0.6 is 0 Å². The molecule has 0 saturated heterocycles. The van der Waals surface area contributed by atoms with Crippen LogP contribution in [0.25, 0.3) is 0 Å². The SMILES string of the molecule is CCC1CCC(N)(c2ccccc2)C1. The standard InChI is InChI=1S/C13H19N/c1-2-11-8-9-13(14,10-11)12-6-4-3-5-7-12/h3-7,11H,2,8-10,14H2,1H3. The number of hydrogen-bond donors (Lipinski definition) is 1. The minimum atomic E-state index is -0.0397. The highest BCUT2D eigenvalue weighted by Gasteiger charge is 2.35. The van der Waals surface area contributed by atoms with E-state index in [1.165, 1.54) is 18.4 Å². The number of hydrogen-bond acceptors (Lipinski definition) is 1. The number of benzene rings is 1. The minimum Gasteiger partial charge on any atom is -0.321 e. The van der Waals surface area contributed by atoms with Crippen LogP contribution in [0.4, 0.5) is 0 Å². The van der Waals surface area contributed by atoms with Crippen molar-refractivity contribution in [3.8, 4) is 0 Å². The van der Waals surface area contributed by atoms with Gasteiger partial charge in [-0.3, -0.25) is 0 Å². The van der Waals surface area contributed by atoms with Crippen LogP contribution in [-0.4, -0.2) is 0 Å². The fraction of sp³-hybridized carbons (Fsp3) is 0.538. The summed E-state index contributed by atoms with van der Waals surface area (Å²) in [6.07, 6.45) is 4.87. The monoisotopic (exact) mass is 189 g/mol. The first-order valence-electron chi connectivity index (χ1n) is 5.59. The van der Waals surface area contributed by atoms with Crippen LogP contribution in [0.5, 0.6) is 0 Å². The third-order valence-corrected chi connectivity index (χ3v) is 3.58. The summed E-state index contributed by atoms with van der Waals surface area (Å²) in [6, 6.07) is 10.6. The van der Waals surface area contributed by atoms with E-state index in [4.69, 9.17) is 5.73 Å². The van der Waals surface area contributed by atoms with E-state index in [9.17, 15) is 0 Å². The van der Waals surface area contributed by atoms with Crippen molar-refractivity contribution in [1.82, 2.24) is 0 Å². The highest BCUT2D eigenvalue weighted by atomic mass is 14.8. The van der Waals surface area contributed by atoms with E-state index in [1.807, 2.05) is 0 Å². The molecule has 0 bridgehead atoms. The molecule has 76 valence electrons. The summed E-state index contributed by atoms with van der Waals surface area (Å²) in [5.74, 6) is 0.834. The average molecular weight is 189 g/mol. The Balaban J connectivity index is 2.19. The zero-order valence-corrected chi connectivity index (χ0v) is 8.87. The van der Waals surface area contributed by atoms with E-state index in [1.54, 1.807) is 0 Å². The minimum absolute atomic E-state index is 0.0397. The van der Waals surface area contributed by atoms with Crippen molar-refractivity contribution < 1.29 is 0 Å². The van der Waals surface area contributed by atoms with Crippen LogP contribution in [0.2, 0.25) is 0 Å². The maximum atomic E-state index is 6.45. The lowest BCUT2D eigenvalue weighted by Gasteiger charge is -2.24. The van der Waals surface area contributed by atoms with Gasteiger partial charge in [0.25, 0.3) is 0 Å². The summed E-state index contributed by atoms with van der Waals surface area (Å²) in [6.45, 7) is 2.27. The van der Waals surface area contributed by atoms with Crippen molar-refractivity contribution in [1.29, 1.82) is 0 Å². The summed E-state index contributed by atoms with van der Waals surface area (Å²) in [5.41, 5.74) is 7.72. The molecular weight excluding hydrogens is 170 g/mol. The van der Waals surface area contributed by atoms with Crippen LogP contribution < -0.4 is 5.73 Å². The Morgan fingerprint density at radius 1 is 1.36 bits per heavy atom. The van der Waals surface area contributed by atoms with Crippen LogP contribution in [0.15, 0.2) is 30.3 Å². The molecule has 0 amide bonds. The normalized spacial score (nSPS) is 32.0. The van der Waals surface area contributed by atoms with E-state index in [0.717, 1.165) is 18.8 Å². The van der Waals surface area contributed by atoms with Crippen LogP contribution in [0.3, 0.4) is 0 Å². The van der Waals surface area contributed by atoms with Gasteiger partial charge in [0.1, 0.15) is 0 Å². The Kier molecular flexibility index (Phi) is 2.60. The van der Waals surface area contributed by atoms with Crippen LogP contribution in [-0.2, 0) is 5.54 Å². The van der Waals surface area contributed by atoms with Crippen molar-refractivity contribution >= 4 is 0 Å². The third-order valence-electron chi connectivity index (χ3n) is 3.58. The first-order valence-corrected chi connectivity index (χ1v) is 5.59. The van der Waals surface area contributed by atoms with Gasteiger partial charge >= 0.3 is 0 Å². The van der Waals surface area contributed by atoms with E-state index in [-0.39, 0.29) is 5.54 Å². The first kappa shape index (κ1) is 9.72. The molecule has 0 aliphatic heterocycles. The fourth-order valence-corrected chi connectivity index (χ4v) is 2.56. The Morgan fingerprint density at radius 2 is 2.07 bits per heavy atom. The van der Waals surface area contributed by atoms with E-state index in [2.05, 4.69) is 37.3 Å². The molecule has 1 aromatic carbocycles. The quantitative estimate of drug-likeness (QED) is 0.760. The van der Waals surface area contributed by atoms with Gasteiger partial charge < -0.3 is 5.73 Å². The van der Waals surface area contributed by atoms with Gasteiger partial charge in [-0.25, -0.2) is 0 Å². The Hall–Kier alpha value is -0.820. The van der Waals surface area contributed by atoms with Crippen LogP contribution in [0.1, 0.15) is 38.2 Å². The maximum Gasteiger partial charge on any atom is 0.0412 e. The van der Waals surface area contributed by atoms with Crippen molar-refractivity contribution in [2.24, 2.45) is 11.7 Å². The van der Waals surface area contributed by atoms with E-state index < -0.39 is 0 Å². The lowest BCUT2D eigenvalue weighted by atomic mass is 9.88. The second-order valence-corrected chi connectivity index (χ2v) is 4.54. The molecule has 1 heteroatoms. The van der Waals surface area contributed by atoms with Crippen LogP contribution in [0, 0.1) is 5.92 Å². The molecule has 0 aromatic heterocycles. The molecule has 1 aliphatic carbocycles. The lowest BCUT2D eigenvalue weighted by molar-refractivity contribution is 0.424. The molecule has 2 atom stereocenters. The van der Waals surface area contributed by atoms with Gasteiger partial charge in [0.15, 0.2) is 0 Å². The molecule has 1 aromatic rings. The number of nitrogens with two attached hydrogens (primary N) is 1. The Labute approximate surface area is 86.3 Å². The van der Waals surface area contributed by atoms with Gasteiger partial charge in [-0.05, 0) is 30.7 Å². The summed E-state index contributed by atoms with van der Waals surface area (Å²) in [4.78, 5) is 0. The molecule has 0 heterocycles. The second-order valence-electron chi connectivity index (χ2n) is 4.54. The molecule has 1 fully saturated rings. The largest absolute Gasteiger partial charge is 0.321 e. The molecule has 0 radical (unpaired) electrons.